The monoisotopic (exact) mass is 260 g/mol. The molecule has 1 aromatic rings. The van der Waals surface area contributed by atoms with Crippen LogP contribution in [-0.4, -0.2) is 11.1 Å². The first-order chi connectivity index (χ1) is 6.07. The molecule has 0 spiro atoms. The summed E-state index contributed by atoms with van der Waals surface area (Å²) in [6.07, 6.45) is 0. The molecule has 0 amide bonds. The lowest BCUT2D eigenvalue weighted by Crippen LogP contribution is -2.04. The van der Waals surface area contributed by atoms with Gasteiger partial charge in [-0.25, -0.2) is 0 Å². The van der Waals surface area contributed by atoms with Gasteiger partial charge in [0.15, 0.2) is 5.78 Å². The van der Waals surface area contributed by atoms with E-state index in [1.807, 2.05) is 19.9 Å². The maximum Gasteiger partial charge on any atom is 0.175 e. The van der Waals surface area contributed by atoms with Gasteiger partial charge >= 0.3 is 0 Å². The Hall–Kier alpha value is -0.340. The highest BCUT2D eigenvalue weighted by atomic mass is 79.9. The fourth-order valence-electron chi connectivity index (χ4n) is 1.19. The van der Waals surface area contributed by atoms with Gasteiger partial charge in [-0.15, -0.1) is 0 Å². The smallest absolute Gasteiger partial charge is 0.175 e. The van der Waals surface area contributed by atoms with Crippen molar-refractivity contribution in [2.75, 3.05) is 5.33 Å². The number of Topliss-reactive ketones (excluding diaryl/α,β-unsaturated/α-hetero) is 1. The number of ketones is 1. The maximum absolute atomic E-state index is 11.5. The van der Waals surface area contributed by atoms with Crippen LogP contribution < -0.4 is 0 Å². The molecular formula is C10H10BrClO. The highest BCUT2D eigenvalue weighted by molar-refractivity contribution is 9.09. The van der Waals surface area contributed by atoms with Crippen molar-refractivity contribution in [3.05, 3.63) is 33.8 Å². The van der Waals surface area contributed by atoms with Crippen LogP contribution in [0.2, 0.25) is 5.02 Å². The predicted molar refractivity (Wildman–Crippen MR) is 59.1 cm³/mol. The molecule has 0 aliphatic rings. The van der Waals surface area contributed by atoms with Crippen LogP contribution in [0.25, 0.3) is 0 Å². The van der Waals surface area contributed by atoms with E-state index in [2.05, 4.69) is 15.9 Å². The summed E-state index contributed by atoms with van der Waals surface area (Å²) in [7, 11) is 0. The number of hydrogen-bond donors (Lipinski definition) is 0. The summed E-state index contributed by atoms with van der Waals surface area (Å²) in [5, 5.41) is 0.851. The first-order valence-corrected chi connectivity index (χ1v) is 5.42. The van der Waals surface area contributed by atoms with E-state index in [1.54, 1.807) is 6.07 Å². The summed E-state index contributed by atoms with van der Waals surface area (Å²) in [5.74, 6) is 0.0335. The van der Waals surface area contributed by atoms with Gasteiger partial charge in [-0.1, -0.05) is 33.6 Å². The first-order valence-electron chi connectivity index (χ1n) is 3.92. The van der Waals surface area contributed by atoms with Crippen LogP contribution >= 0.6 is 27.5 Å². The van der Waals surface area contributed by atoms with E-state index in [4.69, 9.17) is 11.6 Å². The Labute approximate surface area is 91.2 Å². The molecule has 0 bridgehead atoms. The van der Waals surface area contributed by atoms with Crippen LogP contribution in [0.15, 0.2) is 12.1 Å². The standard InChI is InChI=1S/C10H10BrClO/c1-6-3-4-8(12)10(7(6)2)9(13)5-11/h3-4H,5H2,1-2H3. The van der Waals surface area contributed by atoms with Crippen molar-refractivity contribution in [3.8, 4) is 0 Å². The molecule has 1 nitrogen and oxygen atoms in total. The molecule has 0 aromatic heterocycles. The molecule has 0 N–H and O–H groups in total. The number of halogens is 2. The van der Waals surface area contributed by atoms with Crippen LogP contribution in [0.1, 0.15) is 21.5 Å². The molecule has 0 aliphatic carbocycles. The Morgan fingerprint density at radius 3 is 2.62 bits per heavy atom. The molecule has 0 unspecified atom stereocenters. The Bertz CT molecular complexity index is 347. The molecule has 1 aromatic carbocycles. The molecule has 0 radical (unpaired) electrons. The zero-order valence-electron chi connectivity index (χ0n) is 7.53. The highest BCUT2D eigenvalue weighted by Crippen LogP contribution is 2.23. The van der Waals surface area contributed by atoms with Gasteiger partial charge in [0.25, 0.3) is 0 Å². The van der Waals surface area contributed by atoms with Crippen molar-refractivity contribution in [2.24, 2.45) is 0 Å². The number of carbonyl (C=O) groups is 1. The Morgan fingerprint density at radius 1 is 1.46 bits per heavy atom. The zero-order valence-corrected chi connectivity index (χ0v) is 9.87. The molecule has 3 heteroatoms. The van der Waals surface area contributed by atoms with Gasteiger partial charge in [0.1, 0.15) is 0 Å². The molecule has 0 saturated heterocycles. The normalized spacial score (nSPS) is 10.2. The molecule has 70 valence electrons. The lowest BCUT2D eigenvalue weighted by Gasteiger charge is -2.08. The summed E-state index contributed by atoms with van der Waals surface area (Å²) in [6, 6.07) is 3.68. The van der Waals surface area contributed by atoms with Crippen molar-refractivity contribution < 1.29 is 4.79 Å². The minimum Gasteiger partial charge on any atom is -0.293 e. The predicted octanol–water partition coefficient (Wildman–Crippen LogP) is 3.53. The van der Waals surface area contributed by atoms with Gasteiger partial charge < -0.3 is 0 Å². The molecule has 13 heavy (non-hydrogen) atoms. The van der Waals surface area contributed by atoms with Crippen molar-refractivity contribution in [3.63, 3.8) is 0 Å². The van der Waals surface area contributed by atoms with E-state index < -0.39 is 0 Å². The zero-order chi connectivity index (χ0) is 10.0. The minimum absolute atomic E-state index is 0.0335. The lowest BCUT2D eigenvalue weighted by molar-refractivity contribution is 0.102. The van der Waals surface area contributed by atoms with E-state index in [9.17, 15) is 4.79 Å². The fraction of sp³-hybridized carbons (Fsp3) is 0.300. The van der Waals surface area contributed by atoms with Gasteiger partial charge in [-0.05, 0) is 31.0 Å². The van der Waals surface area contributed by atoms with E-state index in [1.165, 1.54) is 0 Å². The average molecular weight is 262 g/mol. The van der Waals surface area contributed by atoms with Crippen LogP contribution in [0.3, 0.4) is 0 Å². The first kappa shape index (κ1) is 10.7. The number of alkyl halides is 1. The number of hydrogen-bond acceptors (Lipinski definition) is 1. The second-order valence-corrected chi connectivity index (χ2v) is 3.89. The third-order valence-corrected chi connectivity index (χ3v) is 2.91. The van der Waals surface area contributed by atoms with E-state index in [0.29, 0.717) is 15.9 Å². The van der Waals surface area contributed by atoms with Gasteiger partial charge in [0, 0.05) is 5.56 Å². The third kappa shape index (κ3) is 2.12. The van der Waals surface area contributed by atoms with E-state index in [0.717, 1.165) is 11.1 Å². The second kappa shape index (κ2) is 4.25. The quantitative estimate of drug-likeness (QED) is 0.588. The Morgan fingerprint density at radius 2 is 2.08 bits per heavy atom. The van der Waals surface area contributed by atoms with Gasteiger partial charge in [-0.3, -0.25) is 4.79 Å². The van der Waals surface area contributed by atoms with Gasteiger partial charge in [0.05, 0.1) is 10.4 Å². The SMILES string of the molecule is Cc1ccc(Cl)c(C(=O)CBr)c1C. The fourth-order valence-corrected chi connectivity index (χ4v) is 1.78. The summed E-state index contributed by atoms with van der Waals surface area (Å²) in [6.45, 7) is 3.88. The maximum atomic E-state index is 11.5. The van der Waals surface area contributed by atoms with Crippen molar-refractivity contribution >= 4 is 33.3 Å². The Balaban J connectivity index is 3.33. The minimum atomic E-state index is 0.0335. The van der Waals surface area contributed by atoms with Crippen molar-refractivity contribution in [1.82, 2.24) is 0 Å². The number of benzene rings is 1. The number of rotatable bonds is 2. The second-order valence-electron chi connectivity index (χ2n) is 2.92. The van der Waals surface area contributed by atoms with Crippen LogP contribution in [0.5, 0.6) is 0 Å². The summed E-state index contributed by atoms with van der Waals surface area (Å²) < 4.78 is 0. The Kier molecular flexibility index (Phi) is 3.51. The van der Waals surface area contributed by atoms with Crippen molar-refractivity contribution in [2.45, 2.75) is 13.8 Å². The van der Waals surface area contributed by atoms with Crippen LogP contribution in [-0.2, 0) is 0 Å². The molecule has 0 fully saturated rings. The van der Waals surface area contributed by atoms with Crippen molar-refractivity contribution in [1.29, 1.82) is 0 Å². The van der Waals surface area contributed by atoms with Crippen LogP contribution in [0, 0.1) is 13.8 Å². The molecular weight excluding hydrogens is 251 g/mol. The number of carbonyl (C=O) groups excluding carboxylic acids is 1. The van der Waals surface area contributed by atoms with E-state index in [-0.39, 0.29) is 5.78 Å². The average Bonchev–Trinajstić information content (AvgIpc) is 2.12. The highest BCUT2D eigenvalue weighted by Gasteiger charge is 2.12. The van der Waals surface area contributed by atoms with Crippen LogP contribution in [0.4, 0.5) is 0 Å². The lowest BCUT2D eigenvalue weighted by atomic mass is 10.0. The van der Waals surface area contributed by atoms with Gasteiger partial charge in [-0.2, -0.15) is 0 Å². The largest absolute Gasteiger partial charge is 0.293 e. The molecule has 0 heterocycles. The molecule has 0 atom stereocenters. The summed E-state index contributed by atoms with van der Waals surface area (Å²) in [4.78, 5) is 11.5. The topological polar surface area (TPSA) is 17.1 Å². The molecule has 1 rings (SSSR count). The summed E-state index contributed by atoms with van der Waals surface area (Å²) >= 11 is 9.07. The summed E-state index contributed by atoms with van der Waals surface area (Å²) in [5.41, 5.74) is 2.70. The third-order valence-electron chi connectivity index (χ3n) is 2.09. The molecule has 0 saturated carbocycles. The number of aryl methyl sites for hydroxylation is 1. The molecule has 0 aliphatic heterocycles. The van der Waals surface area contributed by atoms with E-state index >= 15 is 0 Å². The van der Waals surface area contributed by atoms with Gasteiger partial charge in [0.2, 0.25) is 0 Å².